The molecule has 0 saturated carbocycles. The van der Waals surface area contributed by atoms with Gasteiger partial charge in [-0.3, -0.25) is 9.89 Å². The number of benzene rings is 1. The lowest BCUT2D eigenvalue weighted by atomic mass is 10.0. The lowest BCUT2D eigenvalue weighted by Gasteiger charge is -2.33. The van der Waals surface area contributed by atoms with Crippen LogP contribution < -0.4 is 5.32 Å². The number of nitrogens with one attached hydrogen (secondary N) is 1. The number of amidine groups is 1. The molecule has 1 saturated heterocycles. The maximum atomic E-state index is 4.70. The first-order valence-electron chi connectivity index (χ1n) is 8.46. The van der Waals surface area contributed by atoms with Gasteiger partial charge in [-0.2, -0.15) is 0 Å². The first-order valence-corrected chi connectivity index (χ1v) is 8.46. The summed E-state index contributed by atoms with van der Waals surface area (Å²) in [6.07, 6.45) is 7.55. The summed E-state index contributed by atoms with van der Waals surface area (Å²) >= 11 is 0. The number of piperidine rings is 1. The summed E-state index contributed by atoms with van der Waals surface area (Å²) in [5.74, 6) is 1.27. The summed E-state index contributed by atoms with van der Waals surface area (Å²) in [4.78, 5) is 7.27. The monoisotopic (exact) mass is 285 g/mol. The smallest absolute Gasteiger partial charge is 0.0965 e. The number of nitrogens with zero attached hydrogens (tertiary/aromatic N) is 2. The van der Waals surface area contributed by atoms with Gasteiger partial charge in [-0.1, -0.05) is 36.8 Å². The van der Waals surface area contributed by atoms with Crippen LogP contribution in [0.1, 0.15) is 44.1 Å². The van der Waals surface area contributed by atoms with Crippen molar-refractivity contribution in [1.82, 2.24) is 10.2 Å². The zero-order chi connectivity index (χ0) is 14.3. The van der Waals surface area contributed by atoms with Crippen molar-refractivity contribution in [2.75, 3.05) is 19.6 Å². The molecule has 2 aliphatic heterocycles. The molecule has 2 aliphatic rings. The minimum absolute atomic E-state index is 0.633. The number of hydrogen-bond acceptors (Lipinski definition) is 3. The van der Waals surface area contributed by atoms with Crippen LogP contribution in [0.15, 0.2) is 35.3 Å². The standard InChI is InChI=1S/C18H27N3/c1-3-7-16(8-4-1)15-21-13-10-17(11-14-21)20-18-9-5-2-6-12-19-18/h1,3-4,7-8,17H,2,5-6,9-15H2,(H,19,20). The van der Waals surface area contributed by atoms with Crippen molar-refractivity contribution in [2.45, 2.75) is 51.1 Å². The van der Waals surface area contributed by atoms with Gasteiger partial charge in [0.2, 0.25) is 0 Å². The van der Waals surface area contributed by atoms with Crippen molar-refractivity contribution in [3.8, 4) is 0 Å². The van der Waals surface area contributed by atoms with E-state index in [2.05, 4.69) is 40.5 Å². The summed E-state index contributed by atoms with van der Waals surface area (Å²) in [6.45, 7) is 4.50. The van der Waals surface area contributed by atoms with Gasteiger partial charge in [-0.15, -0.1) is 0 Å². The minimum Gasteiger partial charge on any atom is -0.371 e. The maximum absolute atomic E-state index is 4.70. The van der Waals surface area contributed by atoms with Crippen LogP contribution in [0.3, 0.4) is 0 Å². The highest BCUT2D eigenvalue weighted by atomic mass is 15.1. The lowest BCUT2D eigenvalue weighted by Crippen LogP contribution is -2.44. The van der Waals surface area contributed by atoms with Crippen molar-refractivity contribution in [3.05, 3.63) is 35.9 Å². The molecule has 1 N–H and O–H groups in total. The van der Waals surface area contributed by atoms with Crippen molar-refractivity contribution < 1.29 is 0 Å². The number of likely N-dealkylation sites (tertiary alicyclic amines) is 1. The van der Waals surface area contributed by atoms with Gasteiger partial charge >= 0.3 is 0 Å². The van der Waals surface area contributed by atoms with Gasteiger partial charge < -0.3 is 5.32 Å². The molecule has 3 nitrogen and oxygen atoms in total. The minimum atomic E-state index is 0.633. The second-order valence-electron chi connectivity index (χ2n) is 6.32. The van der Waals surface area contributed by atoms with E-state index in [4.69, 9.17) is 4.99 Å². The molecule has 1 fully saturated rings. The van der Waals surface area contributed by atoms with Crippen LogP contribution in [-0.4, -0.2) is 36.4 Å². The number of rotatable bonds is 3. The lowest BCUT2D eigenvalue weighted by molar-refractivity contribution is 0.198. The molecule has 1 aromatic carbocycles. The van der Waals surface area contributed by atoms with E-state index in [1.54, 1.807) is 0 Å². The predicted molar refractivity (Wildman–Crippen MR) is 88.6 cm³/mol. The van der Waals surface area contributed by atoms with Crippen LogP contribution in [0.2, 0.25) is 0 Å². The second kappa shape index (κ2) is 7.60. The van der Waals surface area contributed by atoms with Crippen molar-refractivity contribution in [3.63, 3.8) is 0 Å². The third kappa shape index (κ3) is 4.57. The van der Waals surface area contributed by atoms with E-state index in [1.165, 1.54) is 56.6 Å². The van der Waals surface area contributed by atoms with Crippen LogP contribution >= 0.6 is 0 Å². The number of aliphatic imine (C=N–C) groups is 1. The average molecular weight is 285 g/mol. The molecule has 2 heterocycles. The average Bonchev–Trinajstić information content (AvgIpc) is 2.79. The maximum Gasteiger partial charge on any atom is 0.0965 e. The topological polar surface area (TPSA) is 27.6 Å². The van der Waals surface area contributed by atoms with Gasteiger partial charge in [0.05, 0.1) is 5.84 Å². The third-order valence-electron chi connectivity index (χ3n) is 4.58. The highest BCUT2D eigenvalue weighted by molar-refractivity contribution is 5.82. The van der Waals surface area contributed by atoms with Crippen LogP contribution in [0.5, 0.6) is 0 Å². The molecule has 0 bridgehead atoms. The summed E-state index contributed by atoms with van der Waals surface area (Å²) in [6, 6.07) is 11.4. The van der Waals surface area contributed by atoms with Gasteiger partial charge in [-0.05, 0) is 31.2 Å². The summed E-state index contributed by atoms with van der Waals surface area (Å²) in [5, 5.41) is 3.71. The Labute approximate surface area is 128 Å². The van der Waals surface area contributed by atoms with Gasteiger partial charge in [0.25, 0.3) is 0 Å². The zero-order valence-corrected chi connectivity index (χ0v) is 12.9. The van der Waals surface area contributed by atoms with E-state index in [0.717, 1.165) is 19.5 Å². The van der Waals surface area contributed by atoms with E-state index in [-0.39, 0.29) is 0 Å². The molecule has 0 unspecified atom stereocenters. The van der Waals surface area contributed by atoms with E-state index in [9.17, 15) is 0 Å². The Morgan fingerprint density at radius 1 is 1.05 bits per heavy atom. The Hall–Kier alpha value is -1.35. The zero-order valence-electron chi connectivity index (χ0n) is 12.9. The molecule has 0 amide bonds. The molecule has 0 radical (unpaired) electrons. The SMILES string of the molecule is c1ccc(CN2CCC(NC3=NCCCCC3)CC2)cc1. The molecule has 0 aromatic heterocycles. The molecule has 0 aliphatic carbocycles. The van der Waals surface area contributed by atoms with Crippen LogP contribution in [-0.2, 0) is 6.54 Å². The summed E-state index contributed by atoms with van der Waals surface area (Å²) < 4.78 is 0. The van der Waals surface area contributed by atoms with Crippen LogP contribution in [0.25, 0.3) is 0 Å². The van der Waals surface area contributed by atoms with Crippen molar-refractivity contribution in [2.24, 2.45) is 4.99 Å². The fourth-order valence-electron chi connectivity index (χ4n) is 3.30. The van der Waals surface area contributed by atoms with E-state index in [0.29, 0.717) is 6.04 Å². The van der Waals surface area contributed by atoms with Gasteiger partial charge in [0.1, 0.15) is 0 Å². The molecule has 0 spiro atoms. The highest BCUT2D eigenvalue weighted by Crippen LogP contribution is 2.15. The summed E-state index contributed by atoms with van der Waals surface area (Å²) in [7, 11) is 0. The predicted octanol–water partition coefficient (Wildman–Crippen LogP) is 3.21. The molecular formula is C18H27N3. The highest BCUT2D eigenvalue weighted by Gasteiger charge is 2.20. The first-order chi connectivity index (χ1) is 10.4. The molecule has 3 heteroatoms. The van der Waals surface area contributed by atoms with Gasteiger partial charge in [-0.25, -0.2) is 0 Å². The molecule has 114 valence electrons. The third-order valence-corrected chi connectivity index (χ3v) is 4.58. The van der Waals surface area contributed by atoms with E-state index in [1.807, 2.05) is 0 Å². The Morgan fingerprint density at radius 3 is 2.67 bits per heavy atom. The summed E-state index contributed by atoms with van der Waals surface area (Å²) in [5.41, 5.74) is 1.43. The molecule has 0 atom stereocenters. The van der Waals surface area contributed by atoms with Crippen LogP contribution in [0.4, 0.5) is 0 Å². The fraction of sp³-hybridized carbons (Fsp3) is 0.611. The normalized spacial score (nSPS) is 21.6. The van der Waals surface area contributed by atoms with E-state index >= 15 is 0 Å². The van der Waals surface area contributed by atoms with Crippen molar-refractivity contribution in [1.29, 1.82) is 0 Å². The largest absolute Gasteiger partial charge is 0.371 e. The molecule has 1 aromatic rings. The second-order valence-corrected chi connectivity index (χ2v) is 6.32. The number of hydrogen-bond donors (Lipinski definition) is 1. The van der Waals surface area contributed by atoms with Crippen molar-refractivity contribution >= 4 is 5.84 Å². The fourth-order valence-corrected chi connectivity index (χ4v) is 3.30. The Morgan fingerprint density at radius 2 is 1.86 bits per heavy atom. The van der Waals surface area contributed by atoms with Gasteiger partial charge in [0.15, 0.2) is 0 Å². The first kappa shape index (κ1) is 14.6. The Balaban J connectivity index is 1.43. The molecule has 21 heavy (non-hydrogen) atoms. The van der Waals surface area contributed by atoms with Gasteiger partial charge in [0, 0.05) is 38.6 Å². The van der Waals surface area contributed by atoms with E-state index < -0.39 is 0 Å². The Bertz CT molecular complexity index is 447. The molecular weight excluding hydrogens is 258 g/mol. The quantitative estimate of drug-likeness (QED) is 0.923. The van der Waals surface area contributed by atoms with Crippen LogP contribution in [0, 0.1) is 0 Å². The molecule has 3 rings (SSSR count). The Kier molecular flexibility index (Phi) is 5.28.